The van der Waals surface area contributed by atoms with Crippen LogP contribution in [0, 0.1) is 5.92 Å². The maximum absolute atomic E-state index is 11.9. The van der Waals surface area contributed by atoms with Crippen LogP contribution in [0.15, 0.2) is 16.9 Å². The van der Waals surface area contributed by atoms with Crippen LogP contribution in [0.1, 0.15) is 6.42 Å². The summed E-state index contributed by atoms with van der Waals surface area (Å²) in [5.74, 6) is -0.991. The minimum absolute atomic E-state index is 0.134. The number of hydrogen-bond donors (Lipinski definition) is 0. The lowest BCUT2D eigenvalue weighted by Gasteiger charge is -2.17. The van der Waals surface area contributed by atoms with E-state index in [2.05, 4.69) is 25.7 Å². The van der Waals surface area contributed by atoms with E-state index in [1.807, 2.05) is 0 Å². The molecule has 0 saturated carbocycles. The monoisotopic (exact) mass is 332 g/mol. The van der Waals surface area contributed by atoms with E-state index < -0.39 is 5.92 Å². The van der Waals surface area contributed by atoms with Crippen LogP contribution in [0.25, 0.3) is 0 Å². The van der Waals surface area contributed by atoms with Crippen molar-refractivity contribution in [2.75, 3.05) is 18.6 Å². The highest BCUT2D eigenvalue weighted by molar-refractivity contribution is 9.10. The average Bonchev–Trinajstić information content (AvgIpc) is 2.74. The van der Waals surface area contributed by atoms with Crippen LogP contribution in [-0.2, 0) is 14.3 Å². The molecule has 1 aliphatic rings. The smallest absolute Gasteiger partial charge is 0.311 e. The second kappa shape index (κ2) is 5.24. The Balaban J connectivity index is 2.27. The predicted octanol–water partition coefficient (Wildman–Crippen LogP) is 2.02. The van der Waals surface area contributed by atoms with Gasteiger partial charge in [-0.2, -0.15) is 0 Å². The Kier molecular flexibility index (Phi) is 3.87. The van der Waals surface area contributed by atoms with Crippen LogP contribution in [0.3, 0.4) is 0 Å². The van der Waals surface area contributed by atoms with E-state index in [1.54, 1.807) is 6.20 Å². The molecule has 0 aliphatic carbocycles. The number of carbonyl (C=O) groups is 2. The van der Waals surface area contributed by atoms with Gasteiger partial charge in [-0.05, 0) is 15.9 Å². The molecule has 0 N–H and O–H groups in total. The van der Waals surface area contributed by atoms with Crippen molar-refractivity contribution in [1.29, 1.82) is 0 Å². The van der Waals surface area contributed by atoms with E-state index in [0.717, 1.165) is 0 Å². The lowest BCUT2D eigenvalue weighted by molar-refractivity contribution is -0.145. The van der Waals surface area contributed by atoms with Crippen LogP contribution in [0.2, 0.25) is 5.02 Å². The number of nitrogens with zero attached hydrogens (tertiary/aromatic N) is 2. The average molecular weight is 334 g/mol. The molecule has 0 aromatic carbocycles. The van der Waals surface area contributed by atoms with Crippen molar-refractivity contribution in [3.8, 4) is 0 Å². The summed E-state index contributed by atoms with van der Waals surface area (Å²) in [5.41, 5.74) is 0.502. The van der Waals surface area contributed by atoms with E-state index in [-0.39, 0.29) is 24.8 Å². The van der Waals surface area contributed by atoms with Gasteiger partial charge >= 0.3 is 5.97 Å². The maximum Gasteiger partial charge on any atom is 0.311 e. The summed E-state index contributed by atoms with van der Waals surface area (Å²) < 4.78 is 5.25. The molecule has 2 rings (SSSR count). The normalized spacial score (nSPS) is 19.2. The van der Waals surface area contributed by atoms with Crippen molar-refractivity contribution < 1.29 is 14.3 Å². The molecule has 7 heteroatoms. The van der Waals surface area contributed by atoms with Crippen molar-refractivity contribution in [2.45, 2.75) is 6.42 Å². The molecule has 1 atom stereocenters. The zero-order valence-corrected chi connectivity index (χ0v) is 11.9. The molecular formula is C11H10BrClN2O3. The van der Waals surface area contributed by atoms with E-state index in [9.17, 15) is 9.59 Å². The second-order valence-corrected chi connectivity index (χ2v) is 5.12. The van der Waals surface area contributed by atoms with Crippen molar-refractivity contribution >= 4 is 45.1 Å². The van der Waals surface area contributed by atoms with Gasteiger partial charge in [0.1, 0.15) is 0 Å². The van der Waals surface area contributed by atoms with Crippen molar-refractivity contribution in [3.05, 3.63) is 21.9 Å². The third-order valence-corrected chi connectivity index (χ3v) is 4.00. The van der Waals surface area contributed by atoms with Gasteiger partial charge in [-0.25, -0.2) is 0 Å². The quantitative estimate of drug-likeness (QED) is 0.777. The molecule has 1 amide bonds. The Morgan fingerprint density at radius 3 is 3.00 bits per heavy atom. The van der Waals surface area contributed by atoms with Crippen LogP contribution < -0.4 is 4.90 Å². The highest BCUT2D eigenvalue weighted by Gasteiger charge is 2.36. The van der Waals surface area contributed by atoms with E-state index in [0.29, 0.717) is 15.2 Å². The molecular weight excluding hydrogens is 323 g/mol. The molecule has 1 saturated heterocycles. The van der Waals surface area contributed by atoms with Gasteiger partial charge in [0, 0.05) is 19.2 Å². The lowest BCUT2D eigenvalue weighted by Crippen LogP contribution is -2.26. The number of methoxy groups -OCH3 is 1. The molecule has 0 radical (unpaired) electrons. The fourth-order valence-electron chi connectivity index (χ4n) is 1.86. The van der Waals surface area contributed by atoms with E-state index in [1.165, 1.54) is 18.2 Å². The largest absolute Gasteiger partial charge is 0.469 e. The number of aromatic nitrogens is 1. The standard InChI is InChI=1S/C11H10BrClN2O3/c1-18-11(17)6-2-9(16)15(5-6)8-4-14-3-7(12)10(8)13/h3-4,6H,2,5H2,1H3. The Bertz CT molecular complexity index is 509. The molecule has 1 aliphatic heterocycles. The SMILES string of the molecule is COC(=O)C1CC(=O)N(c2cncc(Br)c2Cl)C1. The van der Waals surface area contributed by atoms with E-state index >= 15 is 0 Å². The van der Waals surface area contributed by atoms with Crippen molar-refractivity contribution in [2.24, 2.45) is 5.92 Å². The number of anilines is 1. The zero-order chi connectivity index (χ0) is 13.3. The highest BCUT2D eigenvalue weighted by Crippen LogP contribution is 2.35. The zero-order valence-electron chi connectivity index (χ0n) is 9.52. The number of amides is 1. The summed E-state index contributed by atoms with van der Waals surface area (Å²) in [5, 5.41) is 0.406. The maximum atomic E-state index is 11.9. The number of pyridine rings is 1. The summed E-state index contributed by atoms with van der Waals surface area (Å²) in [6.07, 6.45) is 3.18. The van der Waals surface area contributed by atoms with Gasteiger partial charge in [-0.1, -0.05) is 11.6 Å². The molecule has 1 unspecified atom stereocenters. The fourth-order valence-corrected chi connectivity index (χ4v) is 2.38. The first kappa shape index (κ1) is 13.3. The van der Waals surface area contributed by atoms with Crippen LogP contribution >= 0.6 is 27.5 Å². The van der Waals surface area contributed by atoms with Crippen molar-refractivity contribution in [1.82, 2.24) is 4.98 Å². The second-order valence-electron chi connectivity index (χ2n) is 3.88. The molecule has 1 aromatic heterocycles. The molecule has 2 heterocycles. The Labute approximate surface area is 117 Å². The summed E-state index contributed by atoms with van der Waals surface area (Å²) in [6.45, 7) is 0.267. The number of carbonyl (C=O) groups excluding carboxylic acids is 2. The van der Waals surface area contributed by atoms with Crippen molar-refractivity contribution in [3.63, 3.8) is 0 Å². The minimum atomic E-state index is -0.447. The summed E-state index contributed by atoms with van der Waals surface area (Å²) in [7, 11) is 1.31. The first-order chi connectivity index (χ1) is 8.54. The van der Waals surface area contributed by atoms with Gasteiger partial charge in [0.05, 0.1) is 34.4 Å². The third kappa shape index (κ3) is 2.35. The summed E-state index contributed by atoms with van der Waals surface area (Å²) in [6, 6.07) is 0. The Morgan fingerprint density at radius 1 is 1.61 bits per heavy atom. The molecule has 96 valence electrons. The molecule has 18 heavy (non-hydrogen) atoms. The first-order valence-electron chi connectivity index (χ1n) is 5.21. The lowest BCUT2D eigenvalue weighted by atomic mass is 10.1. The van der Waals surface area contributed by atoms with Gasteiger partial charge in [0.2, 0.25) is 5.91 Å². The summed E-state index contributed by atoms with van der Waals surface area (Å²) >= 11 is 9.35. The molecule has 1 aromatic rings. The minimum Gasteiger partial charge on any atom is -0.469 e. The van der Waals surface area contributed by atoms with Crippen LogP contribution in [0.5, 0.6) is 0 Å². The van der Waals surface area contributed by atoms with Gasteiger partial charge in [-0.15, -0.1) is 0 Å². The topological polar surface area (TPSA) is 59.5 Å². The number of esters is 1. The van der Waals surface area contributed by atoms with Gasteiger partial charge in [-0.3, -0.25) is 14.6 Å². The van der Waals surface area contributed by atoms with E-state index in [4.69, 9.17) is 11.6 Å². The first-order valence-corrected chi connectivity index (χ1v) is 6.39. The molecule has 5 nitrogen and oxygen atoms in total. The molecule has 1 fully saturated rings. The number of hydrogen-bond acceptors (Lipinski definition) is 4. The van der Waals surface area contributed by atoms with Gasteiger partial charge in [0.15, 0.2) is 0 Å². The van der Waals surface area contributed by atoms with Crippen LogP contribution in [0.4, 0.5) is 5.69 Å². The molecule has 0 bridgehead atoms. The number of rotatable bonds is 2. The van der Waals surface area contributed by atoms with Gasteiger partial charge in [0.25, 0.3) is 0 Å². The van der Waals surface area contributed by atoms with Gasteiger partial charge < -0.3 is 9.64 Å². The number of halogens is 2. The summed E-state index contributed by atoms with van der Waals surface area (Å²) in [4.78, 5) is 28.7. The number of ether oxygens (including phenoxy) is 1. The highest BCUT2D eigenvalue weighted by atomic mass is 79.9. The third-order valence-electron chi connectivity index (χ3n) is 2.77. The fraction of sp³-hybridized carbons (Fsp3) is 0.364. The Morgan fingerprint density at radius 2 is 2.33 bits per heavy atom. The van der Waals surface area contributed by atoms with Crippen LogP contribution in [-0.4, -0.2) is 30.5 Å². The predicted molar refractivity (Wildman–Crippen MR) is 69.4 cm³/mol. The Hall–Kier alpha value is -1.14. The molecule has 0 spiro atoms.